The van der Waals surface area contributed by atoms with Crippen LogP contribution in [0.15, 0.2) is 36.7 Å². The zero-order valence-corrected chi connectivity index (χ0v) is 15.1. The van der Waals surface area contributed by atoms with E-state index in [0.29, 0.717) is 6.54 Å². The van der Waals surface area contributed by atoms with Crippen molar-refractivity contribution in [1.82, 2.24) is 19.9 Å². The van der Waals surface area contributed by atoms with Crippen molar-refractivity contribution in [1.29, 1.82) is 0 Å². The summed E-state index contributed by atoms with van der Waals surface area (Å²) in [7, 11) is 0. The first-order valence-electron chi connectivity index (χ1n) is 9.60. The van der Waals surface area contributed by atoms with E-state index >= 15 is 0 Å². The number of ether oxygens (including phenoxy) is 1. The molecule has 2 aliphatic heterocycles. The van der Waals surface area contributed by atoms with Gasteiger partial charge in [0.25, 0.3) is 5.91 Å². The van der Waals surface area contributed by atoms with Crippen LogP contribution in [0.5, 0.6) is 0 Å². The van der Waals surface area contributed by atoms with Crippen molar-refractivity contribution in [3.05, 3.63) is 47.8 Å². The van der Waals surface area contributed by atoms with Gasteiger partial charge in [-0.25, -0.2) is 4.68 Å². The van der Waals surface area contributed by atoms with Crippen molar-refractivity contribution in [2.75, 3.05) is 26.3 Å². The number of hydrogen-bond donors (Lipinski definition) is 0. The van der Waals surface area contributed by atoms with Crippen molar-refractivity contribution in [3.63, 3.8) is 0 Å². The SMILES string of the molecule is O=C(c1ccccc1Cn1ccnn1)N1CCC(C2CCOCC2)CC1. The van der Waals surface area contributed by atoms with Crippen LogP contribution in [0.4, 0.5) is 0 Å². The van der Waals surface area contributed by atoms with Crippen LogP contribution in [0.2, 0.25) is 0 Å². The summed E-state index contributed by atoms with van der Waals surface area (Å²) in [4.78, 5) is 15.1. The molecule has 1 aromatic carbocycles. The molecule has 1 amide bonds. The van der Waals surface area contributed by atoms with Gasteiger partial charge in [-0.15, -0.1) is 5.10 Å². The van der Waals surface area contributed by atoms with Gasteiger partial charge in [-0.3, -0.25) is 4.79 Å². The van der Waals surface area contributed by atoms with Crippen LogP contribution in [-0.4, -0.2) is 52.1 Å². The first kappa shape index (κ1) is 17.2. The van der Waals surface area contributed by atoms with E-state index in [1.165, 1.54) is 12.8 Å². The molecule has 0 bridgehead atoms. The molecule has 2 aromatic rings. The summed E-state index contributed by atoms with van der Waals surface area (Å²) in [6.45, 7) is 4.09. The number of benzene rings is 1. The number of hydrogen-bond acceptors (Lipinski definition) is 4. The molecule has 26 heavy (non-hydrogen) atoms. The predicted octanol–water partition coefficient (Wildman–Crippen LogP) is 2.61. The van der Waals surface area contributed by atoms with Gasteiger partial charge in [-0.05, 0) is 49.1 Å². The minimum Gasteiger partial charge on any atom is -0.381 e. The zero-order chi connectivity index (χ0) is 17.8. The van der Waals surface area contributed by atoms with Crippen molar-refractivity contribution >= 4 is 5.91 Å². The van der Waals surface area contributed by atoms with Gasteiger partial charge < -0.3 is 9.64 Å². The quantitative estimate of drug-likeness (QED) is 0.847. The molecule has 2 aliphatic rings. The fourth-order valence-electron chi connectivity index (χ4n) is 4.29. The van der Waals surface area contributed by atoms with E-state index in [1.54, 1.807) is 10.9 Å². The highest BCUT2D eigenvalue weighted by molar-refractivity contribution is 5.95. The third-order valence-corrected chi connectivity index (χ3v) is 5.81. The second-order valence-electron chi connectivity index (χ2n) is 7.34. The Morgan fingerprint density at radius 1 is 1.08 bits per heavy atom. The normalized spacial score (nSPS) is 19.6. The third kappa shape index (κ3) is 3.80. The van der Waals surface area contributed by atoms with Crippen LogP contribution < -0.4 is 0 Å². The Hall–Kier alpha value is -2.21. The molecule has 0 saturated carbocycles. The Balaban J connectivity index is 1.40. The summed E-state index contributed by atoms with van der Waals surface area (Å²) in [6, 6.07) is 7.84. The molecular formula is C20H26N4O2. The second-order valence-corrected chi connectivity index (χ2v) is 7.34. The Morgan fingerprint density at radius 2 is 1.81 bits per heavy atom. The van der Waals surface area contributed by atoms with Crippen LogP contribution >= 0.6 is 0 Å². The van der Waals surface area contributed by atoms with Gasteiger partial charge in [0.15, 0.2) is 0 Å². The van der Waals surface area contributed by atoms with E-state index in [9.17, 15) is 4.79 Å². The number of carbonyl (C=O) groups is 1. The van der Waals surface area contributed by atoms with Crippen molar-refractivity contribution in [2.24, 2.45) is 11.8 Å². The Kier molecular flexibility index (Phi) is 5.29. The van der Waals surface area contributed by atoms with Crippen LogP contribution in [0.3, 0.4) is 0 Å². The van der Waals surface area contributed by atoms with Gasteiger partial charge in [-0.1, -0.05) is 23.4 Å². The summed E-state index contributed by atoms with van der Waals surface area (Å²) >= 11 is 0. The predicted molar refractivity (Wildman–Crippen MR) is 97.7 cm³/mol. The van der Waals surface area contributed by atoms with Gasteiger partial charge in [0.1, 0.15) is 0 Å². The molecule has 0 unspecified atom stereocenters. The number of piperidine rings is 1. The van der Waals surface area contributed by atoms with Crippen molar-refractivity contribution in [2.45, 2.75) is 32.2 Å². The van der Waals surface area contributed by atoms with E-state index in [-0.39, 0.29) is 5.91 Å². The fourth-order valence-corrected chi connectivity index (χ4v) is 4.29. The lowest BCUT2D eigenvalue weighted by Gasteiger charge is -2.37. The maximum absolute atomic E-state index is 13.1. The molecule has 1 aromatic heterocycles. The summed E-state index contributed by atoms with van der Waals surface area (Å²) < 4.78 is 7.24. The van der Waals surface area contributed by atoms with E-state index in [2.05, 4.69) is 10.3 Å². The smallest absolute Gasteiger partial charge is 0.254 e. The first-order valence-corrected chi connectivity index (χ1v) is 9.60. The highest BCUT2D eigenvalue weighted by Gasteiger charge is 2.30. The van der Waals surface area contributed by atoms with Gasteiger partial charge >= 0.3 is 0 Å². The number of aromatic nitrogens is 3. The lowest BCUT2D eigenvalue weighted by molar-refractivity contribution is 0.0287. The molecule has 0 N–H and O–H groups in total. The molecule has 138 valence electrons. The third-order valence-electron chi connectivity index (χ3n) is 5.81. The van der Waals surface area contributed by atoms with E-state index in [0.717, 1.165) is 62.1 Å². The number of rotatable bonds is 4. The molecule has 6 heteroatoms. The minimum absolute atomic E-state index is 0.145. The highest BCUT2D eigenvalue weighted by Crippen LogP contribution is 2.32. The highest BCUT2D eigenvalue weighted by atomic mass is 16.5. The largest absolute Gasteiger partial charge is 0.381 e. The van der Waals surface area contributed by atoms with Crippen molar-refractivity contribution < 1.29 is 9.53 Å². The van der Waals surface area contributed by atoms with Crippen LogP contribution in [0.25, 0.3) is 0 Å². The summed E-state index contributed by atoms with van der Waals surface area (Å²) in [5.74, 6) is 1.67. The van der Waals surface area contributed by atoms with Gasteiger partial charge in [0.05, 0.1) is 12.7 Å². The molecule has 2 saturated heterocycles. The van der Waals surface area contributed by atoms with Gasteiger partial charge in [-0.2, -0.15) is 0 Å². The fraction of sp³-hybridized carbons (Fsp3) is 0.550. The number of nitrogens with zero attached hydrogens (tertiary/aromatic N) is 4. The number of carbonyl (C=O) groups excluding carboxylic acids is 1. The molecule has 2 fully saturated rings. The van der Waals surface area contributed by atoms with Crippen LogP contribution in [0.1, 0.15) is 41.6 Å². The second kappa shape index (κ2) is 7.99. The van der Waals surface area contributed by atoms with E-state index in [4.69, 9.17) is 4.74 Å². The molecule has 0 spiro atoms. The zero-order valence-electron chi connectivity index (χ0n) is 15.1. The molecule has 0 atom stereocenters. The number of likely N-dealkylation sites (tertiary alicyclic amines) is 1. The number of amides is 1. The van der Waals surface area contributed by atoms with E-state index < -0.39 is 0 Å². The lowest BCUT2D eigenvalue weighted by Crippen LogP contribution is -2.41. The molecule has 0 aliphatic carbocycles. The summed E-state index contributed by atoms with van der Waals surface area (Å²) in [5, 5.41) is 7.86. The monoisotopic (exact) mass is 354 g/mol. The first-order chi connectivity index (χ1) is 12.8. The maximum Gasteiger partial charge on any atom is 0.254 e. The minimum atomic E-state index is 0.145. The average Bonchev–Trinajstić information content (AvgIpc) is 3.22. The van der Waals surface area contributed by atoms with Gasteiger partial charge in [0.2, 0.25) is 0 Å². The topological polar surface area (TPSA) is 60.2 Å². The van der Waals surface area contributed by atoms with Gasteiger partial charge in [0, 0.05) is 38.1 Å². The van der Waals surface area contributed by atoms with Crippen molar-refractivity contribution in [3.8, 4) is 0 Å². The molecule has 4 rings (SSSR count). The molecule has 3 heterocycles. The standard InChI is InChI=1S/C20H26N4O2/c25-20(19-4-2-1-3-18(19)15-24-12-9-21-22-24)23-10-5-16(6-11-23)17-7-13-26-14-8-17/h1-4,9,12,16-17H,5-8,10-11,13-15H2. The molecule has 6 nitrogen and oxygen atoms in total. The Morgan fingerprint density at radius 3 is 2.54 bits per heavy atom. The summed E-state index contributed by atoms with van der Waals surface area (Å²) in [6.07, 6.45) is 8.06. The summed E-state index contributed by atoms with van der Waals surface area (Å²) in [5.41, 5.74) is 1.78. The van der Waals surface area contributed by atoms with Crippen LogP contribution in [0, 0.1) is 11.8 Å². The van der Waals surface area contributed by atoms with E-state index in [1.807, 2.05) is 35.4 Å². The van der Waals surface area contributed by atoms with Crippen LogP contribution in [-0.2, 0) is 11.3 Å². The molecular weight excluding hydrogens is 328 g/mol. The Labute approximate surface area is 154 Å². The maximum atomic E-state index is 13.1. The average molecular weight is 354 g/mol. The molecule has 0 radical (unpaired) electrons. The lowest BCUT2D eigenvalue weighted by atomic mass is 9.80. The Bertz CT molecular complexity index is 717.